The van der Waals surface area contributed by atoms with Gasteiger partial charge in [0.2, 0.25) is 10.0 Å². The Balaban J connectivity index is 2.83. The highest BCUT2D eigenvalue weighted by Crippen LogP contribution is 2.16. The number of hydrogen-bond donors (Lipinski definition) is 2. The van der Waals surface area contributed by atoms with Gasteiger partial charge in [-0.1, -0.05) is 34.6 Å². The molecule has 0 amide bonds. The molecule has 0 aliphatic carbocycles. The molecule has 1 heterocycles. The predicted octanol–water partition coefficient (Wildman–Crippen LogP) is 1.85. The summed E-state index contributed by atoms with van der Waals surface area (Å²) in [5.41, 5.74) is 0.874. The van der Waals surface area contributed by atoms with Crippen molar-refractivity contribution in [3.63, 3.8) is 0 Å². The summed E-state index contributed by atoms with van der Waals surface area (Å²) < 4.78 is 29.0. The number of nitrogens with one attached hydrogen (secondary N) is 2. The van der Waals surface area contributed by atoms with Gasteiger partial charge >= 0.3 is 0 Å². The number of aryl methyl sites for hydroxylation is 1. The van der Waals surface area contributed by atoms with Gasteiger partial charge in [0.05, 0.1) is 4.90 Å². The molecule has 0 saturated heterocycles. The number of rotatable bonds is 6. The van der Waals surface area contributed by atoms with Crippen LogP contribution in [0.5, 0.6) is 0 Å². The van der Waals surface area contributed by atoms with Gasteiger partial charge in [0.15, 0.2) is 0 Å². The number of aromatic nitrogens is 1. The van der Waals surface area contributed by atoms with Crippen molar-refractivity contribution >= 4 is 10.0 Å². The van der Waals surface area contributed by atoms with Crippen molar-refractivity contribution < 1.29 is 8.42 Å². The molecule has 1 rings (SSSR count). The molecule has 0 aromatic carbocycles. The maximum Gasteiger partial charge on any atom is 0.242 e. The monoisotopic (exact) mass is 301 g/mol. The normalized spacial score (nSPS) is 13.2. The standard InChI is InChI=1S/C14H27N3O2S/c1-11(2)15-8-12-7-13(9-17(12)6)20(18,19)16-10-14(3,4)5/h7,9,11,15-16H,8,10H2,1-6H3. The molecule has 5 nitrogen and oxygen atoms in total. The minimum atomic E-state index is -3.43. The van der Waals surface area contributed by atoms with Crippen LogP contribution in [0.25, 0.3) is 0 Å². The van der Waals surface area contributed by atoms with Gasteiger partial charge < -0.3 is 9.88 Å². The van der Waals surface area contributed by atoms with Crippen LogP contribution in [0.3, 0.4) is 0 Å². The molecular weight excluding hydrogens is 274 g/mol. The van der Waals surface area contributed by atoms with Gasteiger partial charge in [-0.3, -0.25) is 0 Å². The smallest absolute Gasteiger partial charge is 0.242 e. The molecule has 1 aromatic rings. The van der Waals surface area contributed by atoms with Crippen molar-refractivity contribution in [3.8, 4) is 0 Å². The Hall–Kier alpha value is -0.850. The van der Waals surface area contributed by atoms with E-state index in [4.69, 9.17) is 0 Å². The van der Waals surface area contributed by atoms with Crippen molar-refractivity contribution in [2.75, 3.05) is 6.54 Å². The average Bonchev–Trinajstić information content (AvgIpc) is 2.65. The lowest BCUT2D eigenvalue weighted by Gasteiger charge is -2.18. The maximum atomic E-state index is 12.2. The van der Waals surface area contributed by atoms with Crippen molar-refractivity contribution in [1.29, 1.82) is 0 Å². The van der Waals surface area contributed by atoms with E-state index in [0.29, 0.717) is 24.0 Å². The first-order valence-corrected chi connectivity index (χ1v) is 8.38. The van der Waals surface area contributed by atoms with Crippen LogP contribution in [-0.2, 0) is 23.6 Å². The van der Waals surface area contributed by atoms with E-state index in [1.807, 2.05) is 32.4 Å². The fourth-order valence-electron chi connectivity index (χ4n) is 1.60. The molecule has 0 fully saturated rings. The zero-order valence-corrected chi connectivity index (χ0v) is 14.1. The van der Waals surface area contributed by atoms with Crippen LogP contribution in [-0.4, -0.2) is 25.6 Å². The Labute approximate surface area is 122 Å². The largest absolute Gasteiger partial charge is 0.352 e. The van der Waals surface area contributed by atoms with Crippen LogP contribution in [0.1, 0.15) is 40.3 Å². The lowest BCUT2D eigenvalue weighted by Crippen LogP contribution is -2.32. The van der Waals surface area contributed by atoms with E-state index in [0.717, 1.165) is 5.69 Å². The van der Waals surface area contributed by atoms with Gasteiger partial charge in [-0.25, -0.2) is 13.1 Å². The van der Waals surface area contributed by atoms with E-state index in [-0.39, 0.29) is 5.41 Å². The molecular formula is C14H27N3O2S. The average molecular weight is 301 g/mol. The lowest BCUT2D eigenvalue weighted by molar-refractivity contribution is 0.407. The third kappa shape index (κ3) is 5.26. The van der Waals surface area contributed by atoms with Crippen LogP contribution < -0.4 is 10.0 Å². The van der Waals surface area contributed by atoms with Crippen LogP contribution in [0.4, 0.5) is 0 Å². The third-order valence-corrected chi connectivity index (χ3v) is 4.25. The fraction of sp³-hybridized carbons (Fsp3) is 0.714. The lowest BCUT2D eigenvalue weighted by atomic mass is 9.98. The molecule has 6 heteroatoms. The van der Waals surface area contributed by atoms with Crippen molar-refractivity contribution in [2.24, 2.45) is 12.5 Å². The van der Waals surface area contributed by atoms with Gasteiger partial charge in [0, 0.05) is 38.1 Å². The van der Waals surface area contributed by atoms with Gasteiger partial charge in [0.25, 0.3) is 0 Å². The highest BCUT2D eigenvalue weighted by Gasteiger charge is 2.20. The van der Waals surface area contributed by atoms with Crippen LogP contribution in [0.2, 0.25) is 0 Å². The number of hydrogen-bond acceptors (Lipinski definition) is 3. The van der Waals surface area contributed by atoms with Crippen LogP contribution >= 0.6 is 0 Å². The molecule has 0 aliphatic heterocycles. The second-order valence-corrected chi connectivity index (χ2v) is 8.47. The van der Waals surface area contributed by atoms with E-state index in [2.05, 4.69) is 23.9 Å². The summed E-state index contributed by atoms with van der Waals surface area (Å²) in [6.45, 7) is 11.2. The van der Waals surface area contributed by atoms with Crippen molar-refractivity contribution in [3.05, 3.63) is 18.0 Å². The zero-order chi connectivity index (χ0) is 15.6. The molecule has 116 valence electrons. The Bertz CT molecular complexity index is 539. The molecule has 0 atom stereocenters. The van der Waals surface area contributed by atoms with E-state index in [1.54, 1.807) is 12.3 Å². The van der Waals surface area contributed by atoms with Crippen molar-refractivity contribution in [1.82, 2.24) is 14.6 Å². The molecule has 0 unspecified atom stereocenters. The molecule has 0 radical (unpaired) electrons. The zero-order valence-electron chi connectivity index (χ0n) is 13.3. The molecule has 1 aromatic heterocycles. The van der Waals surface area contributed by atoms with E-state index >= 15 is 0 Å². The van der Waals surface area contributed by atoms with E-state index in [9.17, 15) is 8.42 Å². The molecule has 20 heavy (non-hydrogen) atoms. The summed E-state index contributed by atoms with van der Waals surface area (Å²) in [5.74, 6) is 0. The first kappa shape index (κ1) is 17.2. The minimum absolute atomic E-state index is 0.0795. The summed E-state index contributed by atoms with van der Waals surface area (Å²) in [6, 6.07) is 2.09. The summed E-state index contributed by atoms with van der Waals surface area (Å²) in [7, 11) is -1.57. The first-order chi connectivity index (χ1) is 9.01. The fourth-order valence-corrected chi connectivity index (χ4v) is 2.98. The van der Waals surface area contributed by atoms with Crippen molar-refractivity contribution in [2.45, 2.75) is 52.1 Å². The topological polar surface area (TPSA) is 63.1 Å². The Morgan fingerprint density at radius 3 is 2.40 bits per heavy atom. The molecule has 0 saturated carbocycles. The van der Waals surface area contributed by atoms with E-state index in [1.165, 1.54) is 0 Å². The summed E-state index contributed by atoms with van der Waals surface area (Å²) in [5, 5.41) is 3.29. The van der Waals surface area contributed by atoms with Crippen LogP contribution in [0.15, 0.2) is 17.2 Å². The highest BCUT2D eigenvalue weighted by atomic mass is 32.2. The van der Waals surface area contributed by atoms with Crippen LogP contribution in [0, 0.1) is 5.41 Å². The second kappa shape index (κ2) is 6.28. The first-order valence-electron chi connectivity index (χ1n) is 6.89. The predicted molar refractivity (Wildman–Crippen MR) is 82.0 cm³/mol. The summed E-state index contributed by atoms with van der Waals surface area (Å²) in [6.07, 6.45) is 1.66. The summed E-state index contributed by atoms with van der Waals surface area (Å²) in [4.78, 5) is 0.324. The van der Waals surface area contributed by atoms with Gasteiger partial charge in [0.1, 0.15) is 0 Å². The Kier molecular flexibility index (Phi) is 5.40. The quantitative estimate of drug-likeness (QED) is 0.843. The maximum absolute atomic E-state index is 12.2. The SMILES string of the molecule is CC(C)NCc1cc(S(=O)(=O)NCC(C)(C)C)cn1C. The van der Waals surface area contributed by atoms with Gasteiger partial charge in [-0.15, -0.1) is 0 Å². The Morgan fingerprint density at radius 1 is 1.30 bits per heavy atom. The summed E-state index contributed by atoms with van der Waals surface area (Å²) >= 11 is 0. The molecule has 2 N–H and O–H groups in total. The number of sulfonamides is 1. The van der Waals surface area contributed by atoms with Gasteiger partial charge in [-0.2, -0.15) is 0 Å². The Morgan fingerprint density at radius 2 is 1.90 bits per heavy atom. The van der Waals surface area contributed by atoms with Gasteiger partial charge in [-0.05, 0) is 11.5 Å². The second-order valence-electron chi connectivity index (χ2n) is 6.70. The molecule has 0 aliphatic rings. The third-order valence-electron chi connectivity index (χ3n) is 2.88. The molecule has 0 bridgehead atoms. The minimum Gasteiger partial charge on any atom is -0.352 e. The molecule has 0 spiro atoms. The highest BCUT2D eigenvalue weighted by molar-refractivity contribution is 7.89. The van der Waals surface area contributed by atoms with E-state index < -0.39 is 10.0 Å². The number of nitrogens with zero attached hydrogens (tertiary/aromatic N) is 1.